The Bertz CT molecular complexity index is 1200. The van der Waals surface area contributed by atoms with E-state index in [9.17, 15) is 4.79 Å². The van der Waals surface area contributed by atoms with Gasteiger partial charge < -0.3 is 4.90 Å². The third kappa shape index (κ3) is 3.56. The Labute approximate surface area is 176 Å². The molecule has 0 atom stereocenters. The lowest BCUT2D eigenvalue weighted by Crippen LogP contribution is -2.22. The van der Waals surface area contributed by atoms with E-state index in [4.69, 9.17) is 0 Å². The van der Waals surface area contributed by atoms with Crippen LogP contribution in [0.5, 0.6) is 0 Å². The van der Waals surface area contributed by atoms with Crippen molar-refractivity contribution in [3.05, 3.63) is 63.5 Å². The number of hydrogen-bond acceptors (Lipinski definition) is 7. The highest BCUT2D eigenvalue weighted by Crippen LogP contribution is 2.30. The summed E-state index contributed by atoms with van der Waals surface area (Å²) in [6.07, 6.45) is 4.11. The van der Waals surface area contributed by atoms with Gasteiger partial charge >= 0.3 is 0 Å². The second kappa shape index (κ2) is 7.64. The molecule has 5 rings (SSSR count). The van der Waals surface area contributed by atoms with Crippen molar-refractivity contribution in [3.63, 3.8) is 0 Å². The molecule has 0 saturated carbocycles. The molecule has 4 aromatic rings. The van der Waals surface area contributed by atoms with E-state index >= 15 is 0 Å². The highest BCUT2D eigenvalue weighted by Gasteiger charge is 2.22. The number of thioether (sulfide) groups is 1. The first kappa shape index (κ1) is 18.4. The number of hydrogen-bond donors (Lipinski definition) is 0. The maximum Gasteiger partial charge on any atom is 0.258 e. The Balaban J connectivity index is 1.48. The molecule has 9 heteroatoms. The van der Waals surface area contributed by atoms with Crippen molar-refractivity contribution in [2.45, 2.75) is 30.7 Å². The van der Waals surface area contributed by atoms with Crippen molar-refractivity contribution in [1.82, 2.24) is 24.1 Å². The molecular weight excluding hydrogens is 404 g/mol. The Kier molecular flexibility index (Phi) is 4.84. The van der Waals surface area contributed by atoms with E-state index in [-0.39, 0.29) is 5.56 Å². The molecule has 148 valence electrons. The van der Waals surface area contributed by atoms with E-state index < -0.39 is 0 Å². The van der Waals surface area contributed by atoms with Crippen LogP contribution in [-0.2, 0) is 5.75 Å². The Morgan fingerprint density at radius 3 is 2.72 bits per heavy atom. The van der Waals surface area contributed by atoms with Gasteiger partial charge in [0.25, 0.3) is 5.56 Å². The smallest absolute Gasteiger partial charge is 0.258 e. The monoisotopic (exact) mass is 424 g/mol. The summed E-state index contributed by atoms with van der Waals surface area (Å²) >= 11 is 3.02. The molecule has 3 aromatic heterocycles. The quantitative estimate of drug-likeness (QED) is 0.457. The minimum Gasteiger partial charge on any atom is -0.341 e. The number of benzene rings is 1. The van der Waals surface area contributed by atoms with Gasteiger partial charge in [-0.1, -0.05) is 29.5 Å². The number of nitrogens with zero attached hydrogens (tertiary/aromatic N) is 6. The second-order valence-electron chi connectivity index (χ2n) is 7.08. The van der Waals surface area contributed by atoms with Crippen LogP contribution in [0.15, 0.2) is 51.9 Å². The molecule has 0 aliphatic carbocycles. The zero-order valence-corrected chi connectivity index (χ0v) is 17.6. The number of anilines is 1. The first-order chi connectivity index (χ1) is 14.2. The van der Waals surface area contributed by atoms with Gasteiger partial charge in [0.1, 0.15) is 0 Å². The fraction of sp³-hybridized carbons (Fsp3) is 0.300. The molecule has 0 bridgehead atoms. The average molecular weight is 425 g/mol. The standard InChI is InChI=1S/C20H20N6OS2/c1-14-4-6-16(7-5-14)26-18(24-8-2-3-9-24)22-23-20(26)29-13-15-12-17(27)25-10-11-28-19(25)21-15/h4-7,10-12H,2-3,8-9,13H2,1H3. The second-order valence-corrected chi connectivity index (χ2v) is 8.89. The third-order valence-corrected chi connectivity index (χ3v) is 6.72. The Hall–Kier alpha value is -2.65. The van der Waals surface area contributed by atoms with E-state index in [1.54, 1.807) is 28.4 Å². The number of aryl methyl sites for hydroxylation is 1. The maximum absolute atomic E-state index is 12.3. The molecule has 7 nitrogen and oxygen atoms in total. The summed E-state index contributed by atoms with van der Waals surface area (Å²) < 4.78 is 3.69. The first-order valence-electron chi connectivity index (χ1n) is 9.55. The fourth-order valence-corrected chi connectivity index (χ4v) is 5.08. The number of fused-ring (bicyclic) bond motifs is 1. The van der Waals surface area contributed by atoms with Crippen LogP contribution >= 0.6 is 23.1 Å². The fourth-order valence-electron chi connectivity index (χ4n) is 3.50. The summed E-state index contributed by atoms with van der Waals surface area (Å²) in [6.45, 7) is 4.09. The van der Waals surface area contributed by atoms with Crippen molar-refractivity contribution >= 4 is 34.0 Å². The van der Waals surface area contributed by atoms with Gasteiger partial charge in [-0.15, -0.1) is 21.5 Å². The molecule has 0 radical (unpaired) electrons. The summed E-state index contributed by atoms with van der Waals surface area (Å²) in [5.74, 6) is 1.45. The van der Waals surface area contributed by atoms with Gasteiger partial charge in [-0.3, -0.25) is 13.8 Å². The first-order valence-corrected chi connectivity index (χ1v) is 11.4. The summed E-state index contributed by atoms with van der Waals surface area (Å²) in [5, 5.41) is 11.7. The van der Waals surface area contributed by atoms with Crippen molar-refractivity contribution < 1.29 is 0 Å². The molecule has 1 fully saturated rings. The van der Waals surface area contributed by atoms with Crippen LogP contribution in [0.1, 0.15) is 24.1 Å². The van der Waals surface area contributed by atoms with Crippen molar-refractivity contribution in [1.29, 1.82) is 0 Å². The summed E-state index contributed by atoms with van der Waals surface area (Å²) in [7, 11) is 0. The normalized spacial score (nSPS) is 14.2. The van der Waals surface area contributed by atoms with Crippen molar-refractivity contribution in [3.8, 4) is 5.69 Å². The molecule has 1 aliphatic heterocycles. The zero-order chi connectivity index (χ0) is 19.8. The van der Waals surface area contributed by atoms with E-state index in [1.165, 1.54) is 29.7 Å². The van der Waals surface area contributed by atoms with Crippen LogP contribution in [0.4, 0.5) is 5.95 Å². The van der Waals surface area contributed by atoms with E-state index in [1.807, 2.05) is 5.38 Å². The molecule has 1 aromatic carbocycles. The predicted molar refractivity (Wildman–Crippen MR) is 116 cm³/mol. The highest BCUT2D eigenvalue weighted by atomic mass is 32.2. The van der Waals surface area contributed by atoms with Gasteiger partial charge in [0.15, 0.2) is 10.1 Å². The lowest BCUT2D eigenvalue weighted by atomic mass is 10.2. The van der Waals surface area contributed by atoms with Gasteiger partial charge in [0, 0.05) is 36.5 Å². The molecule has 1 saturated heterocycles. The van der Waals surface area contributed by atoms with Crippen LogP contribution in [-0.4, -0.2) is 37.2 Å². The third-order valence-electron chi connectivity index (χ3n) is 5.00. The molecule has 0 N–H and O–H groups in total. The van der Waals surface area contributed by atoms with Gasteiger partial charge in [-0.2, -0.15) is 0 Å². The van der Waals surface area contributed by atoms with E-state index in [0.29, 0.717) is 10.7 Å². The highest BCUT2D eigenvalue weighted by molar-refractivity contribution is 7.98. The van der Waals surface area contributed by atoms with Crippen LogP contribution in [0.2, 0.25) is 0 Å². The van der Waals surface area contributed by atoms with E-state index in [0.717, 1.165) is 35.6 Å². The molecule has 4 heterocycles. The van der Waals surface area contributed by atoms with Crippen LogP contribution in [0.3, 0.4) is 0 Å². The Morgan fingerprint density at radius 2 is 1.93 bits per heavy atom. The van der Waals surface area contributed by atoms with Gasteiger partial charge in [0.2, 0.25) is 5.95 Å². The average Bonchev–Trinajstić information content (AvgIpc) is 3.47. The lowest BCUT2D eigenvalue weighted by molar-refractivity contribution is 0.840. The van der Waals surface area contributed by atoms with Gasteiger partial charge in [-0.05, 0) is 31.9 Å². The number of aromatic nitrogens is 5. The molecule has 0 unspecified atom stereocenters. The molecule has 1 aliphatic rings. The SMILES string of the molecule is Cc1ccc(-n2c(SCc3cc(=O)n4ccsc4n3)nnc2N2CCCC2)cc1. The van der Waals surface area contributed by atoms with Crippen LogP contribution in [0, 0.1) is 6.92 Å². The van der Waals surface area contributed by atoms with Crippen LogP contribution < -0.4 is 10.5 Å². The van der Waals surface area contributed by atoms with Crippen molar-refractivity contribution in [2.24, 2.45) is 0 Å². The zero-order valence-electron chi connectivity index (χ0n) is 16.0. The molecule has 0 spiro atoms. The van der Waals surface area contributed by atoms with Crippen LogP contribution in [0.25, 0.3) is 10.6 Å². The minimum atomic E-state index is -0.0513. The summed E-state index contributed by atoms with van der Waals surface area (Å²) in [6, 6.07) is 10.0. The largest absolute Gasteiger partial charge is 0.341 e. The van der Waals surface area contributed by atoms with Gasteiger partial charge in [0.05, 0.1) is 11.4 Å². The van der Waals surface area contributed by atoms with Gasteiger partial charge in [-0.25, -0.2) is 4.98 Å². The number of rotatable bonds is 5. The maximum atomic E-state index is 12.3. The number of thiazole rings is 1. The predicted octanol–water partition coefficient (Wildman–Crippen LogP) is 3.54. The summed E-state index contributed by atoms with van der Waals surface area (Å²) in [4.78, 5) is 19.9. The molecule has 29 heavy (non-hydrogen) atoms. The Morgan fingerprint density at radius 1 is 1.14 bits per heavy atom. The van der Waals surface area contributed by atoms with E-state index in [2.05, 4.69) is 55.8 Å². The molecule has 0 amide bonds. The topological polar surface area (TPSA) is 68.3 Å². The minimum absolute atomic E-state index is 0.0513. The van der Waals surface area contributed by atoms with Crippen molar-refractivity contribution in [2.75, 3.05) is 18.0 Å². The molecular formula is C20H20N6OS2. The summed E-state index contributed by atoms with van der Waals surface area (Å²) in [5.41, 5.74) is 2.97. The lowest BCUT2D eigenvalue weighted by Gasteiger charge is -2.18.